The number of halogens is 1. The molecule has 0 saturated heterocycles. The monoisotopic (exact) mass is 415 g/mol. The second kappa shape index (κ2) is 8.14. The highest BCUT2D eigenvalue weighted by Gasteiger charge is 2.29. The van der Waals surface area contributed by atoms with Gasteiger partial charge in [-0.1, -0.05) is 28.1 Å². The number of anilines is 1. The van der Waals surface area contributed by atoms with Crippen LogP contribution < -0.4 is 16.2 Å². The fraction of sp³-hybridized carbons (Fsp3) is 0.211. The number of rotatable bonds is 5. The highest BCUT2D eigenvalue weighted by Crippen LogP contribution is 2.28. The van der Waals surface area contributed by atoms with E-state index in [4.69, 9.17) is 0 Å². The number of hydrogen-bond donors (Lipinski definition) is 3. The molecule has 7 heteroatoms. The van der Waals surface area contributed by atoms with Gasteiger partial charge in [-0.2, -0.15) is 0 Å². The first-order valence-electron chi connectivity index (χ1n) is 8.26. The zero-order valence-electron chi connectivity index (χ0n) is 13.9. The zero-order valence-corrected chi connectivity index (χ0v) is 15.5. The van der Waals surface area contributed by atoms with Crippen molar-refractivity contribution in [1.29, 1.82) is 0 Å². The van der Waals surface area contributed by atoms with Gasteiger partial charge in [0.05, 0.1) is 6.42 Å². The summed E-state index contributed by atoms with van der Waals surface area (Å²) in [4.78, 5) is 35.5. The Morgan fingerprint density at radius 2 is 1.58 bits per heavy atom. The largest absolute Gasteiger partial charge is 0.322 e. The molecule has 3 rings (SSSR count). The van der Waals surface area contributed by atoms with Gasteiger partial charge in [0.25, 0.3) is 5.91 Å². The molecule has 134 valence electrons. The van der Waals surface area contributed by atoms with Crippen LogP contribution in [0.2, 0.25) is 0 Å². The van der Waals surface area contributed by atoms with Crippen molar-refractivity contribution in [2.75, 3.05) is 5.32 Å². The van der Waals surface area contributed by atoms with Gasteiger partial charge in [0, 0.05) is 21.6 Å². The standard InChI is InChI=1S/C19H18BrN3O3/c20-15-7-5-13(6-8-15)18(25)21-16-9-1-12(2-10-16)11-17(24)22-23-19(26)14-3-4-14/h1-2,5-10,14H,3-4,11H2,(H,21,25)(H,22,24)(H,23,26). The van der Waals surface area contributed by atoms with Crippen LogP contribution in [0.5, 0.6) is 0 Å². The summed E-state index contributed by atoms with van der Waals surface area (Å²) in [5.41, 5.74) is 6.82. The summed E-state index contributed by atoms with van der Waals surface area (Å²) in [7, 11) is 0. The average Bonchev–Trinajstić information content (AvgIpc) is 3.47. The molecule has 0 unspecified atom stereocenters. The minimum absolute atomic E-state index is 0.0453. The van der Waals surface area contributed by atoms with Gasteiger partial charge in [0.1, 0.15) is 0 Å². The van der Waals surface area contributed by atoms with Gasteiger partial charge in [-0.25, -0.2) is 0 Å². The van der Waals surface area contributed by atoms with Gasteiger partial charge in [0.2, 0.25) is 11.8 Å². The second-order valence-corrected chi connectivity index (χ2v) is 7.06. The number of carbonyl (C=O) groups is 3. The van der Waals surface area contributed by atoms with Crippen molar-refractivity contribution in [3.63, 3.8) is 0 Å². The van der Waals surface area contributed by atoms with Crippen molar-refractivity contribution >= 4 is 39.3 Å². The summed E-state index contributed by atoms with van der Waals surface area (Å²) in [5.74, 6) is -0.579. The third-order valence-electron chi connectivity index (χ3n) is 3.96. The van der Waals surface area contributed by atoms with Gasteiger partial charge in [-0.3, -0.25) is 25.2 Å². The molecule has 1 aliphatic rings. The molecule has 0 spiro atoms. The van der Waals surface area contributed by atoms with Crippen LogP contribution in [-0.2, 0) is 16.0 Å². The predicted molar refractivity (Wildman–Crippen MR) is 101 cm³/mol. The molecule has 2 aromatic rings. The number of amides is 3. The number of carbonyl (C=O) groups excluding carboxylic acids is 3. The molecule has 1 aliphatic carbocycles. The van der Waals surface area contributed by atoms with Gasteiger partial charge >= 0.3 is 0 Å². The summed E-state index contributed by atoms with van der Waals surface area (Å²) in [6.07, 6.45) is 1.91. The Balaban J connectivity index is 1.49. The molecule has 0 heterocycles. The number of hydrazine groups is 1. The molecule has 6 nitrogen and oxygen atoms in total. The maximum Gasteiger partial charge on any atom is 0.255 e. The van der Waals surface area contributed by atoms with E-state index in [1.54, 1.807) is 48.5 Å². The van der Waals surface area contributed by atoms with Crippen LogP contribution in [0, 0.1) is 5.92 Å². The van der Waals surface area contributed by atoms with Crippen LogP contribution in [0.1, 0.15) is 28.8 Å². The minimum Gasteiger partial charge on any atom is -0.322 e. The first-order chi connectivity index (χ1) is 12.5. The molecule has 26 heavy (non-hydrogen) atoms. The van der Waals surface area contributed by atoms with E-state index in [9.17, 15) is 14.4 Å². The smallest absolute Gasteiger partial charge is 0.255 e. The van der Waals surface area contributed by atoms with E-state index in [-0.39, 0.29) is 30.1 Å². The summed E-state index contributed by atoms with van der Waals surface area (Å²) in [6, 6.07) is 14.1. The highest BCUT2D eigenvalue weighted by atomic mass is 79.9. The lowest BCUT2D eigenvalue weighted by molar-refractivity contribution is -0.129. The summed E-state index contributed by atoms with van der Waals surface area (Å²) < 4.78 is 0.907. The molecule has 0 radical (unpaired) electrons. The number of hydrogen-bond acceptors (Lipinski definition) is 3. The van der Waals surface area contributed by atoms with E-state index < -0.39 is 0 Å². The maximum atomic E-state index is 12.2. The predicted octanol–water partition coefficient (Wildman–Crippen LogP) is 2.80. The van der Waals surface area contributed by atoms with Gasteiger partial charge in [-0.05, 0) is 54.8 Å². The molecule has 3 N–H and O–H groups in total. The quantitative estimate of drug-likeness (QED) is 0.656. The molecule has 0 bridgehead atoms. The average molecular weight is 416 g/mol. The highest BCUT2D eigenvalue weighted by molar-refractivity contribution is 9.10. The Bertz CT molecular complexity index is 815. The Morgan fingerprint density at radius 1 is 0.923 bits per heavy atom. The van der Waals surface area contributed by atoms with Gasteiger partial charge < -0.3 is 5.32 Å². The number of nitrogens with one attached hydrogen (secondary N) is 3. The van der Waals surface area contributed by atoms with Crippen molar-refractivity contribution in [1.82, 2.24) is 10.9 Å². The van der Waals surface area contributed by atoms with Crippen molar-refractivity contribution in [2.24, 2.45) is 5.92 Å². The van der Waals surface area contributed by atoms with Crippen molar-refractivity contribution < 1.29 is 14.4 Å². The lowest BCUT2D eigenvalue weighted by Crippen LogP contribution is -2.43. The third kappa shape index (κ3) is 5.16. The third-order valence-corrected chi connectivity index (χ3v) is 4.48. The molecule has 2 aromatic carbocycles. The van der Waals surface area contributed by atoms with Crippen molar-refractivity contribution in [2.45, 2.75) is 19.3 Å². The van der Waals surface area contributed by atoms with Crippen LogP contribution in [0.4, 0.5) is 5.69 Å². The Kier molecular flexibility index (Phi) is 5.68. The number of benzene rings is 2. The van der Waals surface area contributed by atoms with E-state index in [1.807, 2.05) is 0 Å². The summed E-state index contributed by atoms with van der Waals surface area (Å²) in [6.45, 7) is 0. The van der Waals surface area contributed by atoms with Gasteiger partial charge in [0.15, 0.2) is 0 Å². The molecule has 0 aromatic heterocycles. The van der Waals surface area contributed by atoms with Gasteiger partial charge in [-0.15, -0.1) is 0 Å². The first-order valence-corrected chi connectivity index (χ1v) is 9.05. The fourth-order valence-corrected chi connectivity index (χ4v) is 2.58. The van der Waals surface area contributed by atoms with Crippen molar-refractivity contribution in [3.05, 3.63) is 64.1 Å². The Labute approximate surface area is 159 Å². The summed E-state index contributed by atoms with van der Waals surface area (Å²) in [5, 5.41) is 2.81. The molecule has 1 saturated carbocycles. The van der Waals surface area contributed by atoms with Crippen molar-refractivity contribution in [3.8, 4) is 0 Å². The van der Waals surface area contributed by atoms with Crippen LogP contribution in [0.15, 0.2) is 53.0 Å². The summed E-state index contributed by atoms with van der Waals surface area (Å²) >= 11 is 3.33. The van der Waals surface area contributed by atoms with E-state index in [2.05, 4.69) is 32.1 Å². The van der Waals surface area contributed by atoms with Crippen LogP contribution in [0.3, 0.4) is 0 Å². The molecule has 3 amide bonds. The van der Waals surface area contributed by atoms with E-state index in [0.29, 0.717) is 11.3 Å². The normalized spacial score (nSPS) is 13.0. The minimum atomic E-state index is -0.286. The molecular formula is C19H18BrN3O3. The topological polar surface area (TPSA) is 87.3 Å². The molecule has 0 atom stereocenters. The molecule has 0 aliphatic heterocycles. The molecular weight excluding hydrogens is 398 g/mol. The SMILES string of the molecule is O=C(Cc1ccc(NC(=O)c2ccc(Br)cc2)cc1)NNC(=O)C1CC1. The molecule has 1 fully saturated rings. The first kappa shape index (κ1) is 18.1. The van der Waals surface area contributed by atoms with Crippen LogP contribution in [-0.4, -0.2) is 17.7 Å². The zero-order chi connectivity index (χ0) is 18.5. The maximum absolute atomic E-state index is 12.2. The van der Waals surface area contributed by atoms with E-state index in [0.717, 1.165) is 22.9 Å². The Morgan fingerprint density at radius 3 is 2.19 bits per heavy atom. The fourth-order valence-electron chi connectivity index (χ4n) is 2.32. The lowest BCUT2D eigenvalue weighted by atomic mass is 10.1. The lowest BCUT2D eigenvalue weighted by Gasteiger charge is -2.08. The Hall–Kier alpha value is -2.67. The van der Waals surface area contributed by atoms with Crippen LogP contribution >= 0.6 is 15.9 Å². The second-order valence-electron chi connectivity index (χ2n) is 6.15. The van der Waals surface area contributed by atoms with Crippen LogP contribution in [0.25, 0.3) is 0 Å². The van der Waals surface area contributed by atoms with E-state index in [1.165, 1.54) is 0 Å². The van der Waals surface area contributed by atoms with E-state index >= 15 is 0 Å².